The number of aromatic nitrogens is 2. The molecule has 0 bridgehead atoms. The number of allylic oxidation sites excluding steroid dienone is 1. The van der Waals surface area contributed by atoms with E-state index in [1.54, 1.807) is 30.3 Å². The Labute approximate surface area is 611 Å². The van der Waals surface area contributed by atoms with Crippen LogP contribution in [0.25, 0.3) is 5.57 Å². The van der Waals surface area contributed by atoms with E-state index in [1.807, 2.05) is 47.2 Å². The molecule has 6 heterocycles. The van der Waals surface area contributed by atoms with Crippen molar-refractivity contribution >= 4 is 107 Å². The van der Waals surface area contributed by atoms with Crippen LogP contribution in [0.1, 0.15) is 105 Å². The molecule has 4 saturated heterocycles. The Morgan fingerprint density at radius 3 is 2.13 bits per heavy atom. The van der Waals surface area contributed by atoms with Crippen LogP contribution in [-0.2, 0) is 34.2 Å². The molecule has 0 saturated carbocycles. The number of amides is 6. The summed E-state index contributed by atoms with van der Waals surface area (Å²) in [6.45, 7) is 13.6. The van der Waals surface area contributed by atoms with Crippen LogP contribution in [0.4, 0.5) is 36.2 Å². The smallest absolute Gasteiger partial charge is 0.384 e. The maximum Gasteiger partial charge on any atom is 0.501 e. The minimum absolute atomic E-state index is 0.0214. The van der Waals surface area contributed by atoms with E-state index in [2.05, 4.69) is 74.8 Å². The number of hydrogen-bond donors (Lipinski definition) is 5. The largest absolute Gasteiger partial charge is 0.501 e. The van der Waals surface area contributed by atoms with Gasteiger partial charge in [-0.1, -0.05) is 60.5 Å². The molecule has 5 aliphatic heterocycles. The molecular weight excluding hydrogens is 1420 g/mol. The average Bonchev–Trinajstić information content (AvgIpc) is 1.52. The Morgan fingerprint density at radius 2 is 1.43 bits per heavy atom. The molecule has 0 radical (unpaired) electrons. The van der Waals surface area contributed by atoms with Gasteiger partial charge in [-0.15, -0.1) is 11.8 Å². The van der Waals surface area contributed by atoms with Crippen LogP contribution in [-0.4, -0.2) is 217 Å². The van der Waals surface area contributed by atoms with Crippen molar-refractivity contribution in [2.24, 2.45) is 5.41 Å². The van der Waals surface area contributed by atoms with E-state index < -0.39 is 82.5 Å². The van der Waals surface area contributed by atoms with Gasteiger partial charge in [0.1, 0.15) is 10.9 Å². The molecule has 6 aliphatic rings. The third-order valence-corrected chi connectivity index (χ3v) is 24.2. The molecular formula is C73H83ClF3N13O11S3. The van der Waals surface area contributed by atoms with Gasteiger partial charge in [0, 0.05) is 156 Å². The summed E-state index contributed by atoms with van der Waals surface area (Å²) in [5.74, 6) is -2.75. The second-order valence-corrected chi connectivity index (χ2v) is 32.4. The highest BCUT2D eigenvalue weighted by Gasteiger charge is 2.49. The minimum atomic E-state index is -6.11. The van der Waals surface area contributed by atoms with Gasteiger partial charge in [-0.05, 0) is 140 Å². The van der Waals surface area contributed by atoms with E-state index in [4.69, 9.17) is 16.3 Å². The fraction of sp³-hybridized carbons (Fsp3) is 0.425. The molecule has 2 unspecified atom stereocenters. The summed E-state index contributed by atoms with van der Waals surface area (Å²) >= 11 is 7.82. The second kappa shape index (κ2) is 32.9. The van der Waals surface area contributed by atoms with Crippen molar-refractivity contribution in [3.63, 3.8) is 0 Å². The van der Waals surface area contributed by atoms with Crippen LogP contribution in [0.2, 0.25) is 5.02 Å². The molecule has 1 aromatic heterocycles. The zero-order valence-electron chi connectivity index (χ0n) is 57.5. The number of carbonyl (C=O) groups is 6. The molecule has 552 valence electrons. The molecule has 104 heavy (non-hydrogen) atoms. The first-order chi connectivity index (χ1) is 49.9. The highest BCUT2D eigenvalue weighted by atomic mass is 35.5. The van der Waals surface area contributed by atoms with E-state index >= 15 is 0 Å². The van der Waals surface area contributed by atoms with Gasteiger partial charge in [0.2, 0.25) is 17.8 Å². The van der Waals surface area contributed by atoms with E-state index in [1.165, 1.54) is 47.4 Å². The van der Waals surface area contributed by atoms with E-state index in [-0.39, 0.29) is 40.9 Å². The number of nitrogens with zero attached hydrogens (tertiary/aromatic N) is 8. The van der Waals surface area contributed by atoms with Gasteiger partial charge in [0.15, 0.2) is 0 Å². The van der Waals surface area contributed by atoms with Crippen molar-refractivity contribution in [1.82, 2.24) is 44.9 Å². The predicted octanol–water partition coefficient (Wildman–Crippen LogP) is 8.45. The number of piperazine rings is 2. The van der Waals surface area contributed by atoms with Crippen molar-refractivity contribution in [2.45, 2.75) is 90.6 Å². The van der Waals surface area contributed by atoms with Gasteiger partial charge in [-0.25, -0.2) is 31.5 Å². The zero-order chi connectivity index (χ0) is 73.3. The molecule has 31 heteroatoms. The lowest BCUT2D eigenvalue weighted by molar-refractivity contribution is -0.136. The number of sulfone groups is 1. The first-order valence-electron chi connectivity index (χ1n) is 34.9. The Morgan fingerprint density at radius 1 is 0.740 bits per heavy atom. The third-order valence-electron chi connectivity index (χ3n) is 19.9. The number of unbranched alkanes of at least 4 members (excludes halogenated alkanes) is 1. The van der Waals surface area contributed by atoms with Crippen LogP contribution < -0.4 is 35.8 Å². The van der Waals surface area contributed by atoms with Gasteiger partial charge in [-0.3, -0.25) is 53.7 Å². The van der Waals surface area contributed by atoms with Crippen molar-refractivity contribution in [3.8, 4) is 0 Å². The number of alkyl halides is 3. The minimum Gasteiger partial charge on any atom is -0.384 e. The number of benzene rings is 5. The summed E-state index contributed by atoms with van der Waals surface area (Å²) in [7, 11) is -11.0. The number of thioether (sulfide) groups is 1. The molecule has 24 nitrogen and oxygen atoms in total. The summed E-state index contributed by atoms with van der Waals surface area (Å²) in [6, 6.07) is 29.4. The second-order valence-electron chi connectivity index (χ2n) is 27.2. The van der Waals surface area contributed by atoms with Gasteiger partial charge >= 0.3 is 5.51 Å². The van der Waals surface area contributed by atoms with Crippen LogP contribution in [0.3, 0.4) is 0 Å². The Kier molecular flexibility index (Phi) is 23.8. The molecule has 4 fully saturated rings. The van der Waals surface area contributed by atoms with E-state index in [0.29, 0.717) is 125 Å². The van der Waals surface area contributed by atoms with E-state index in [0.717, 1.165) is 91.7 Å². The Hall–Kier alpha value is -8.49. The number of halogens is 4. The highest BCUT2D eigenvalue weighted by molar-refractivity contribution is 7.99. The number of hydrogen-bond acceptors (Lipinski definition) is 21. The molecule has 6 aromatic rings. The average molecular weight is 1510 g/mol. The number of fused-ring (bicyclic) bond motifs is 1. The normalized spacial score (nSPS) is 19.9. The van der Waals surface area contributed by atoms with Crippen LogP contribution in [0.5, 0.6) is 0 Å². The number of piperidine rings is 1. The summed E-state index contributed by atoms with van der Waals surface area (Å²) < 4.78 is 105. The number of nitrogens with one attached hydrogen (secondary N) is 5. The first kappa shape index (κ1) is 75.2. The maximum absolute atomic E-state index is 14.4. The van der Waals surface area contributed by atoms with Gasteiger partial charge in [0.25, 0.3) is 43.5 Å². The fourth-order valence-electron chi connectivity index (χ4n) is 14.2. The monoisotopic (exact) mass is 1510 g/mol. The SMILES string of the molecule is CC1(CN2CCN(c3ncc(C(=O)NCCCCNc4cccc5c4C(=O)N(C4CCC(=O)NC4=O)C5=O)cn3)CC2)CCC(c2ccc(Cl)cc2)=C(CN2CCN(c3ccc(C(=O)NS(=O)(=O)c4ccc(N[C@H](CCN5CCOCC5)CSc5ccccc5)c(S(=O)(=O)C(F)(F)F)c4)cc3)CC2)C1. The highest BCUT2D eigenvalue weighted by Crippen LogP contribution is 2.45. The molecule has 0 spiro atoms. The van der Waals surface area contributed by atoms with Crippen molar-refractivity contribution in [3.05, 3.63) is 166 Å². The molecule has 6 amide bonds. The van der Waals surface area contributed by atoms with Crippen LogP contribution >= 0.6 is 23.4 Å². The lowest BCUT2D eigenvalue weighted by atomic mass is 9.71. The maximum atomic E-state index is 14.4. The molecule has 5 N–H and O–H groups in total. The molecule has 5 aromatic carbocycles. The Bertz CT molecular complexity index is 4410. The topological polar surface area (TPSA) is 285 Å². The number of carbonyl (C=O) groups excluding carboxylic acids is 6. The zero-order valence-corrected chi connectivity index (χ0v) is 60.7. The summed E-state index contributed by atoms with van der Waals surface area (Å²) in [5, 5.41) is 12.0. The quantitative estimate of drug-likeness (QED) is 0.0184. The lowest BCUT2D eigenvalue weighted by Gasteiger charge is -2.44. The number of morpholine rings is 1. The predicted molar refractivity (Wildman–Crippen MR) is 390 cm³/mol. The lowest BCUT2D eigenvalue weighted by Crippen LogP contribution is -2.54. The number of rotatable bonds is 27. The fourth-order valence-corrected chi connectivity index (χ4v) is 17.4. The van der Waals surface area contributed by atoms with Gasteiger partial charge in [0.05, 0.1) is 40.5 Å². The summed E-state index contributed by atoms with van der Waals surface area (Å²) in [6.07, 6.45) is 7.62. The number of anilines is 4. The molecule has 12 rings (SSSR count). The Balaban J connectivity index is 0.605. The number of imide groups is 2. The molecule has 3 atom stereocenters. The summed E-state index contributed by atoms with van der Waals surface area (Å²) in [5.41, 5.74) is -0.429. The summed E-state index contributed by atoms with van der Waals surface area (Å²) in [4.78, 5) is 98.0. The standard InChI is InChI=1S/C73H83ClF3N13O11S3/c1-72(48-87-32-36-89(37-33-87)71-80-44-52(45-81-71)66(92)79-28-6-5-27-78-61-11-7-10-59-65(61)70(96)90(69(59)95)62-22-23-64(91)83-68(62)94)26-24-58(49-12-16-53(74)17-13-49)51(43-72)46-86-30-34-88(35-31-86)55-18-14-50(15-19-55)67(93)84-104(99,100)57-20-21-60(63(42-57)103(97,98)73(75,76)77)82-54(25-29-85-38-40-101-41-39-85)47-102-56-8-3-2-4-9-56/h2-4,7-21,42,44-45,54,62,78,82H,5-6,22-41,43,46-48H2,1H3,(H,79,92)(H,84,93)(H,83,91,94)/t54-,62?,72?/m1/s1. The first-order valence-corrected chi connectivity index (χ1v) is 39.2. The van der Waals surface area contributed by atoms with Crippen LogP contribution in [0.15, 0.2) is 148 Å². The van der Waals surface area contributed by atoms with Crippen molar-refractivity contribution in [2.75, 3.05) is 138 Å². The van der Waals surface area contributed by atoms with Crippen molar-refractivity contribution < 1.29 is 63.5 Å². The van der Waals surface area contributed by atoms with Crippen LogP contribution in [0, 0.1) is 5.41 Å². The van der Waals surface area contributed by atoms with E-state index in [9.17, 15) is 58.8 Å². The third kappa shape index (κ3) is 18.1. The van der Waals surface area contributed by atoms with Gasteiger partial charge < -0.3 is 30.5 Å². The van der Waals surface area contributed by atoms with Crippen molar-refractivity contribution in [1.29, 1.82) is 0 Å². The molecule has 1 aliphatic carbocycles. The van der Waals surface area contributed by atoms with Gasteiger partial charge in [-0.2, -0.15) is 13.2 Å². The number of sulfonamides is 1. The number of ether oxygens (including phenoxy) is 1.